The van der Waals surface area contributed by atoms with Crippen LogP contribution >= 0.6 is 0 Å². The van der Waals surface area contributed by atoms with Gasteiger partial charge in [0, 0.05) is 0 Å². The van der Waals surface area contributed by atoms with Gasteiger partial charge in [-0.2, -0.15) is 0 Å². The summed E-state index contributed by atoms with van der Waals surface area (Å²) in [7, 11) is 0. The summed E-state index contributed by atoms with van der Waals surface area (Å²) in [6, 6.07) is 9.76. The number of nitrogens with one attached hydrogen (secondary N) is 1. The molecular weight excluding hydrogens is 551 g/mol. The number of nitrogens with two attached hydrogens (primary N) is 2. The second kappa shape index (κ2) is 11.4. The summed E-state index contributed by atoms with van der Waals surface area (Å²) in [6.45, 7) is 4.30. The second-order valence-corrected chi connectivity index (χ2v) is 12.6. The summed E-state index contributed by atoms with van der Waals surface area (Å²) in [5, 5.41) is 3.43. The normalized spacial score (nSPS) is 25.2. The number of likely N-dealkylation sites (tertiary alicyclic amines) is 2. The van der Waals surface area contributed by atoms with Gasteiger partial charge in [0.05, 0.1) is 0 Å². The van der Waals surface area contributed by atoms with Crippen molar-refractivity contribution in [2.75, 3.05) is 31.5 Å². The third-order valence-electron chi connectivity index (χ3n) is 7.86. The van der Waals surface area contributed by atoms with Gasteiger partial charge in [0.15, 0.2) is 0 Å². The summed E-state index contributed by atoms with van der Waals surface area (Å²) in [4.78, 5) is 21.7. The first-order valence-electron chi connectivity index (χ1n) is 13.1. The Morgan fingerprint density at radius 2 is 1.74 bits per heavy atom. The number of carbonyl (C=O) groups excluding carboxylic acids is 1. The van der Waals surface area contributed by atoms with Crippen molar-refractivity contribution in [2.45, 2.75) is 69.4 Å². The zero-order valence-electron chi connectivity index (χ0n) is 20.5. The van der Waals surface area contributed by atoms with Crippen molar-refractivity contribution >= 4 is 17.3 Å². The fraction of sp³-hybridized carbons (Fsp3) is 0.556. The van der Waals surface area contributed by atoms with Crippen LogP contribution in [0, 0.1) is 0 Å². The standard InChI is InChI=1S/C27H38IN6O/c29-21-4-3-13-34(18-21)25-17-31-26(27(30)35)24(16-28-25)32-22-9-7-19(8-10-22)20-11-14-33(15-12-20)23-5-1-2-6-23/h7-10,16-17,20-21,23,32H,1-6,11-15,18,29H2,(H2,30,35)/q-1/t21-/m1/s1. The van der Waals surface area contributed by atoms with E-state index in [1.54, 1.807) is 0 Å². The van der Waals surface area contributed by atoms with Crippen molar-refractivity contribution in [2.24, 2.45) is 16.5 Å². The number of nitrogens with zero attached hydrogens (tertiary/aromatic N) is 3. The van der Waals surface area contributed by atoms with Crippen LogP contribution in [0.5, 0.6) is 0 Å². The summed E-state index contributed by atoms with van der Waals surface area (Å²) in [5.41, 5.74) is 15.3. The number of hydrogen-bond acceptors (Lipinski definition) is 6. The first kappa shape index (κ1) is 24.8. The van der Waals surface area contributed by atoms with Crippen LogP contribution in [0.2, 0.25) is 0 Å². The molecule has 4 aliphatic rings. The summed E-state index contributed by atoms with van der Waals surface area (Å²) in [5.74, 6) is 0.126. The molecule has 1 saturated carbocycles. The number of piperidine rings is 2. The molecular formula is C27H38IN6O-. The average molecular weight is 590 g/mol. The molecule has 0 bridgehead atoms. The Balaban J connectivity index is 1.22. The van der Waals surface area contributed by atoms with Crippen molar-refractivity contribution in [3.8, 4) is 0 Å². The third-order valence-corrected chi connectivity index (χ3v) is 10.4. The Morgan fingerprint density at radius 1 is 1.00 bits per heavy atom. The van der Waals surface area contributed by atoms with E-state index in [2.05, 4.69) is 48.5 Å². The number of amides is 1. The number of rotatable bonds is 6. The molecule has 1 aliphatic carbocycles. The van der Waals surface area contributed by atoms with E-state index in [9.17, 15) is 4.79 Å². The molecule has 190 valence electrons. The molecule has 1 aromatic rings. The third kappa shape index (κ3) is 6.09. The van der Waals surface area contributed by atoms with Crippen molar-refractivity contribution < 1.29 is 26.0 Å². The van der Waals surface area contributed by atoms with Gasteiger partial charge < -0.3 is 0 Å². The number of benzene rings is 1. The number of halogens is 1. The Morgan fingerprint density at radius 3 is 2.43 bits per heavy atom. The molecule has 0 spiro atoms. The van der Waals surface area contributed by atoms with E-state index >= 15 is 0 Å². The van der Waals surface area contributed by atoms with Gasteiger partial charge in [0.25, 0.3) is 0 Å². The molecule has 5 N–H and O–H groups in total. The van der Waals surface area contributed by atoms with Crippen LogP contribution in [0.3, 0.4) is 0 Å². The van der Waals surface area contributed by atoms with Crippen molar-refractivity contribution in [1.82, 2.24) is 9.80 Å². The molecule has 0 unspecified atom stereocenters. The Hall–Kier alpha value is -1.91. The van der Waals surface area contributed by atoms with Crippen LogP contribution in [0.25, 0.3) is 0 Å². The molecule has 0 radical (unpaired) electrons. The van der Waals surface area contributed by atoms with E-state index in [0.717, 1.165) is 43.4 Å². The van der Waals surface area contributed by atoms with Gasteiger partial charge in [-0.15, -0.1) is 0 Å². The predicted molar refractivity (Wildman–Crippen MR) is 137 cm³/mol. The summed E-state index contributed by atoms with van der Waals surface area (Å²) >= 11 is -0.461. The molecule has 1 atom stereocenters. The van der Waals surface area contributed by atoms with Crippen LogP contribution in [-0.2, 0) is 4.79 Å². The number of aliphatic imine (C=N–C) groups is 1. The molecule has 3 aliphatic heterocycles. The van der Waals surface area contributed by atoms with Crippen molar-refractivity contribution in [1.29, 1.82) is 0 Å². The quantitative estimate of drug-likeness (QED) is 0.328. The number of primary amides is 1. The average Bonchev–Trinajstić information content (AvgIpc) is 3.33. The van der Waals surface area contributed by atoms with Crippen LogP contribution < -0.4 is 38.0 Å². The predicted octanol–water partition coefficient (Wildman–Crippen LogP) is 0.313. The minimum atomic E-state index is -0.508. The van der Waals surface area contributed by atoms with Gasteiger partial charge in [-0.05, 0) is 12.8 Å². The molecule has 1 amide bonds. The van der Waals surface area contributed by atoms with Gasteiger partial charge in [-0.3, -0.25) is 0 Å². The van der Waals surface area contributed by atoms with E-state index in [1.807, 2.05) is 6.20 Å². The fourth-order valence-corrected chi connectivity index (χ4v) is 8.09. The zero-order chi connectivity index (χ0) is 24.2. The monoisotopic (exact) mass is 589 g/mol. The number of carbonyl (C=O) groups is 1. The van der Waals surface area contributed by atoms with E-state index < -0.39 is 27.1 Å². The Kier molecular flexibility index (Phi) is 8.09. The molecule has 1 aromatic carbocycles. The van der Waals surface area contributed by atoms with Gasteiger partial charge in [0.1, 0.15) is 0 Å². The van der Waals surface area contributed by atoms with Crippen molar-refractivity contribution in [3.63, 3.8) is 0 Å². The topological polar surface area (TPSA) is 100.0 Å². The molecule has 3 heterocycles. The van der Waals surface area contributed by atoms with Gasteiger partial charge in [-0.1, -0.05) is 12.8 Å². The number of hydrogen-bond donors (Lipinski definition) is 3. The zero-order valence-corrected chi connectivity index (χ0v) is 22.6. The number of anilines is 1. The molecule has 0 aromatic heterocycles. The van der Waals surface area contributed by atoms with Crippen LogP contribution in [-0.4, -0.2) is 59.7 Å². The minimum absolute atomic E-state index is 0.200. The molecule has 35 heavy (non-hydrogen) atoms. The maximum atomic E-state index is 12.2. The van der Waals surface area contributed by atoms with Gasteiger partial charge >= 0.3 is 194 Å². The van der Waals surface area contributed by atoms with E-state index in [-0.39, 0.29) is 6.04 Å². The fourth-order valence-electron chi connectivity index (χ4n) is 5.88. The molecule has 5 rings (SSSR count). The van der Waals surface area contributed by atoms with Crippen LogP contribution in [0.15, 0.2) is 48.9 Å². The van der Waals surface area contributed by atoms with E-state index in [1.165, 1.54) is 60.9 Å². The molecule has 7 nitrogen and oxygen atoms in total. The van der Waals surface area contributed by atoms with E-state index in [0.29, 0.717) is 11.6 Å². The molecule has 3 fully saturated rings. The summed E-state index contributed by atoms with van der Waals surface area (Å²) < 4.78 is 3.32. The van der Waals surface area contributed by atoms with Crippen LogP contribution in [0.4, 0.5) is 5.69 Å². The first-order valence-corrected chi connectivity index (χ1v) is 15.4. The summed E-state index contributed by atoms with van der Waals surface area (Å²) in [6.07, 6.45) is 12.1. The van der Waals surface area contributed by atoms with Gasteiger partial charge in [0.2, 0.25) is 0 Å². The molecule has 2 saturated heterocycles. The van der Waals surface area contributed by atoms with Gasteiger partial charge in [-0.25, -0.2) is 0 Å². The van der Waals surface area contributed by atoms with Crippen molar-refractivity contribution in [3.05, 3.63) is 49.5 Å². The first-order chi connectivity index (χ1) is 17.1. The SMILES string of the molecule is NC(=O)C1=NC=C(N2CCC[C@@H](N)C2)[I-]C=C1Nc1ccc(C2CCN(C3CCCC3)CC2)cc1. The molecule has 8 heteroatoms. The maximum absolute atomic E-state index is 12.2. The van der Waals surface area contributed by atoms with E-state index in [4.69, 9.17) is 11.5 Å². The van der Waals surface area contributed by atoms with Crippen LogP contribution in [0.1, 0.15) is 62.8 Å². The second-order valence-electron chi connectivity index (χ2n) is 10.3. The Bertz CT molecular complexity index is 989. The Labute approximate surface area is 219 Å².